The summed E-state index contributed by atoms with van der Waals surface area (Å²) in [5.41, 5.74) is 2.69. The normalized spacial score (nSPS) is 10.5. The van der Waals surface area contributed by atoms with Crippen molar-refractivity contribution in [2.75, 3.05) is 17.2 Å². The molecule has 0 saturated heterocycles. The van der Waals surface area contributed by atoms with Gasteiger partial charge in [-0.05, 0) is 36.3 Å². The summed E-state index contributed by atoms with van der Waals surface area (Å²) < 4.78 is 0. The third-order valence-corrected chi connectivity index (χ3v) is 3.99. The number of unbranched alkanes of at least 4 members (excludes halogenated alkanes) is 3. The Balaban J connectivity index is 1.94. The first kappa shape index (κ1) is 16.0. The smallest absolute Gasteiger partial charge is 0.0429 e. The topological polar surface area (TPSA) is 3.24 Å². The van der Waals surface area contributed by atoms with Crippen LogP contribution in [0.1, 0.15) is 31.2 Å². The lowest BCUT2D eigenvalue weighted by atomic mass is 10.1. The minimum Gasteiger partial charge on any atom is -0.367 e. The van der Waals surface area contributed by atoms with Crippen molar-refractivity contribution in [3.8, 4) is 0 Å². The van der Waals surface area contributed by atoms with E-state index in [0.29, 0.717) is 0 Å². The Morgan fingerprint density at radius 2 is 1.33 bits per heavy atom. The van der Waals surface area contributed by atoms with Gasteiger partial charge in [-0.2, -0.15) is 12.6 Å². The minimum absolute atomic E-state index is 0.984. The third kappa shape index (κ3) is 5.84. The van der Waals surface area contributed by atoms with Crippen LogP contribution in [0.2, 0.25) is 0 Å². The predicted molar refractivity (Wildman–Crippen MR) is 96.3 cm³/mol. The van der Waals surface area contributed by atoms with Gasteiger partial charge in [0, 0.05) is 18.8 Å². The second-order valence-electron chi connectivity index (χ2n) is 5.38. The highest BCUT2D eigenvalue weighted by Gasteiger charge is 2.06. The molecule has 112 valence electrons. The third-order valence-electron chi connectivity index (χ3n) is 3.67. The summed E-state index contributed by atoms with van der Waals surface area (Å²) in [4.78, 5) is 2.48. The van der Waals surface area contributed by atoms with Gasteiger partial charge in [0.1, 0.15) is 0 Å². The van der Waals surface area contributed by atoms with Crippen LogP contribution in [0, 0.1) is 0 Å². The first-order chi connectivity index (χ1) is 10.4. The fraction of sp³-hybridized carbons (Fsp3) is 0.368. The highest BCUT2D eigenvalue weighted by molar-refractivity contribution is 7.80. The maximum absolute atomic E-state index is 4.28. The van der Waals surface area contributed by atoms with Gasteiger partial charge in [-0.15, -0.1) is 0 Å². The van der Waals surface area contributed by atoms with Crippen LogP contribution < -0.4 is 4.90 Å². The fourth-order valence-electron chi connectivity index (χ4n) is 2.51. The second kappa shape index (κ2) is 9.51. The summed E-state index contributed by atoms with van der Waals surface area (Å²) >= 11 is 4.28. The molecule has 0 heterocycles. The SMILES string of the molecule is SCCCCCCN(Cc1ccccc1)c1ccccc1. The Kier molecular flexibility index (Phi) is 7.23. The number of thiol groups is 1. The van der Waals surface area contributed by atoms with Crippen molar-refractivity contribution in [1.29, 1.82) is 0 Å². The molecule has 0 spiro atoms. The van der Waals surface area contributed by atoms with E-state index in [-0.39, 0.29) is 0 Å². The van der Waals surface area contributed by atoms with Crippen LogP contribution in [0.15, 0.2) is 60.7 Å². The zero-order chi connectivity index (χ0) is 14.8. The molecule has 0 aromatic heterocycles. The number of anilines is 1. The molecule has 2 heteroatoms. The Bertz CT molecular complexity index is 483. The van der Waals surface area contributed by atoms with Gasteiger partial charge in [-0.3, -0.25) is 0 Å². The van der Waals surface area contributed by atoms with Gasteiger partial charge in [0.15, 0.2) is 0 Å². The van der Waals surface area contributed by atoms with Gasteiger partial charge in [0.2, 0.25) is 0 Å². The van der Waals surface area contributed by atoms with Gasteiger partial charge in [0.25, 0.3) is 0 Å². The molecular formula is C19H25NS. The maximum Gasteiger partial charge on any atom is 0.0429 e. The minimum atomic E-state index is 0.984. The van der Waals surface area contributed by atoms with E-state index in [0.717, 1.165) is 18.8 Å². The van der Waals surface area contributed by atoms with E-state index >= 15 is 0 Å². The van der Waals surface area contributed by atoms with E-state index in [1.165, 1.54) is 36.9 Å². The summed E-state index contributed by atoms with van der Waals surface area (Å²) in [6, 6.07) is 21.4. The van der Waals surface area contributed by atoms with Crippen molar-refractivity contribution in [2.45, 2.75) is 32.2 Å². The molecule has 0 amide bonds. The van der Waals surface area contributed by atoms with E-state index in [4.69, 9.17) is 0 Å². The van der Waals surface area contributed by atoms with Crippen molar-refractivity contribution in [2.24, 2.45) is 0 Å². The molecule has 0 aliphatic carbocycles. The van der Waals surface area contributed by atoms with Crippen LogP contribution in [0.25, 0.3) is 0 Å². The number of benzene rings is 2. The summed E-state index contributed by atoms with van der Waals surface area (Å²) in [5.74, 6) is 1.01. The molecule has 2 aromatic carbocycles. The van der Waals surface area contributed by atoms with E-state index in [9.17, 15) is 0 Å². The highest BCUT2D eigenvalue weighted by Crippen LogP contribution is 2.18. The summed E-state index contributed by atoms with van der Waals surface area (Å²) in [5, 5.41) is 0. The largest absolute Gasteiger partial charge is 0.367 e. The zero-order valence-corrected chi connectivity index (χ0v) is 13.5. The van der Waals surface area contributed by atoms with Crippen LogP contribution in [-0.4, -0.2) is 12.3 Å². The van der Waals surface area contributed by atoms with E-state index < -0.39 is 0 Å². The maximum atomic E-state index is 4.28. The Labute approximate surface area is 134 Å². The Hall–Kier alpha value is -1.41. The van der Waals surface area contributed by atoms with E-state index in [1.54, 1.807) is 0 Å². The highest BCUT2D eigenvalue weighted by atomic mass is 32.1. The van der Waals surface area contributed by atoms with Gasteiger partial charge in [-0.25, -0.2) is 0 Å². The monoisotopic (exact) mass is 299 g/mol. The summed E-state index contributed by atoms with van der Waals surface area (Å²) in [7, 11) is 0. The van der Waals surface area contributed by atoms with Crippen LogP contribution in [0.3, 0.4) is 0 Å². The lowest BCUT2D eigenvalue weighted by molar-refractivity contribution is 0.645. The molecule has 0 aliphatic heterocycles. The van der Waals surface area contributed by atoms with Crippen LogP contribution in [0.5, 0.6) is 0 Å². The number of nitrogens with zero attached hydrogens (tertiary/aromatic N) is 1. The molecule has 2 aromatic rings. The molecule has 1 nitrogen and oxygen atoms in total. The number of para-hydroxylation sites is 1. The fourth-order valence-corrected chi connectivity index (χ4v) is 2.73. The molecule has 0 N–H and O–H groups in total. The quantitative estimate of drug-likeness (QED) is 0.493. The molecule has 2 rings (SSSR count). The van der Waals surface area contributed by atoms with Crippen LogP contribution in [-0.2, 0) is 6.54 Å². The molecule has 0 unspecified atom stereocenters. The van der Waals surface area contributed by atoms with Gasteiger partial charge in [-0.1, -0.05) is 61.4 Å². The number of rotatable bonds is 9. The molecular weight excluding hydrogens is 274 g/mol. The predicted octanol–water partition coefficient (Wildman–Crippen LogP) is 5.18. The summed E-state index contributed by atoms with van der Waals surface area (Å²) in [6.07, 6.45) is 5.05. The van der Waals surface area contributed by atoms with Crippen LogP contribution in [0.4, 0.5) is 5.69 Å². The molecule has 21 heavy (non-hydrogen) atoms. The number of hydrogen-bond donors (Lipinski definition) is 1. The molecule has 0 fully saturated rings. The Morgan fingerprint density at radius 3 is 2.00 bits per heavy atom. The molecule has 0 radical (unpaired) electrons. The average molecular weight is 299 g/mol. The molecule has 0 saturated carbocycles. The van der Waals surface area contributed by atoms with E-state index in [2.05, 4.69) is 78.2 Å². The van der Waals surface area contributed by atoms with Crippen molar-refractivity contribution in [3.05, 3.63) is 66.2 Å². The first-order valence-electron chi connectivity index (χ1n) is 7.85. The standard InChI is InChI=1S/C19H25NS/c21-16-10-2-1-9-15-20(19-13-7-4-8-14-19)17-18-11-5-3-6-12-18/h3-8,11-14,21H,1-2,9-10,15-17H2. The Morgan fingerprint density at radius 1 is 0.714 bits per heavy atom. The van der Waals surface area contributed by atoms with Gasteiger partial charge >= 0.3 is 0 Å². The molecule has 0 aliphatic rings. The first-order valence-corrected chi connectivity index (χ1v) is 8.48. The van der Waals surface area contributed by atoms with Crippen molar-refractivity contribution >= 4 is 18.3 Å². The lowest BCUT2D eigenvalue weighted by Crippen LogP contribution is -2.23. The van der Waals surface area contributed by atoms with Crippen molar-refractivity contribution < 1.29 is 0 Å². The molecule has 0 atom stereocenters. The van der Waals surface area contributed by atoms with Gasteiger partial charge < -0.3 is 4.90 Å². The van der Waals surface area contributed by atoms with Crippen molar-refractivity contribution in [3.63, 3.8) is 0 Å². The summed E-state index contributed by atoms with van der Waals surface area (Å²) in [6.45, 7) is 2.10. The van der Waals surface area contributed by atoms with Crippen molar-refractivity contribution in [1.82, 2.24) is 0 Å². The number of hydrogen-bond acceptors (Lipinski definition) is 2. The average Bonchev–Trinajstić information content (AvgIpc) is 2.55. The second-order valence-corrected chi connectivity index (χ2v) is 5.83. The lowest BCUT2D eigenvalue weighted by Gasteiger charge is -2.25. The van der Waals surface area contributed by atoms with E-state index in [1.807, 2.05) is 0 Å². The van der Waals surface area contributed by atoms with Crippen LogP contribution >= 0.6 is 12.6 Å². The molecule has 0 bridgehead atoms. The van der Waals surface area contributed by atoms with Gasteiger partial charge in [0.05, 0.1) is 0 Å². The zero-order valence-electron chi connectivity index (χ0n) is 12.6.